The maximum Gasteiger partial charge on any atom is 0.0646 e. The smallest absolute Gasteiger partial charge is 0.0646 e. The van der Waals surface area contributed by atoms with Crippen LogP contribution in [0, 0.1) is 0 Å². The zero-order valence-corrected chi connectivity index (χ0v) is 7.16. The molecule has 1 aromatic rings. The van der Waals surface area contributed by atoms with Crippen molar-refractivity contribution in [3.05, 3.63) is 35.9 Å². The summed E-state index contributed by atoms with van der Waals surface area (Å²) in [6.07, 6.45) is 3.94. The summed E-state index contributed by atoms with van der Waals surface area (Å²) >= 11 is 0. The van der Waals surface area contributed by atoms with Crippen molar-refractivity contribution in [2.24, 2.45) is 0 Å². The van der Waals surface area contributed by atoms with Crippen LogP contribution in [0.4, 0.5) is 5.69 Å². The van der Waals surface area contributed by atoms with Gasteiger partial charge < -0.3 is 10.5 Å². The first-order valence-corrected chi connectivity index (χ1v) is 3.84. The van der Waals surface area contributed by atoms with E-state index in [1.807, 2.05) is 36.4 Å². The molecule has 64 valence electrons. The second-order valence-electron chi connectivity index (χ2n) is 2.53. The molecule has 0 aromatic heterocycles. The Bertz CT molecular complexity index is 268. The van der Waals surface area contributed by atoms with Crippen LogP contribution in [0.15, 0.2) is 30.3 Å². The van der Waals surface area contributed by atoms with E-state index in [4.69, 9.17) is 10.5 Å². The van der Waals surface area contributed by atoms with Gasteiger partial charge in [0, 0.05) is 12.8 Å². The lowest BCUT2D eigenvalue weighted by atomic mass is 10.2. The molecule has 2 heteroatoms. The van der Waals surface area contributed by atoms with Gasteiger partial charge >= 0.3 is 0 Å². The lowest BCUT2D eigenvalue weighted by molar-refractivity contribution is 0.234. The van der Waals surface area contributed by atoms with Crippen molar-refractivity contribution in [3.8, 4) is 0 Å². The van der Waals surface area contributed by atoms with E-state index in [0.717, 1.165) is 11.3 Å². The molecule has 0 amide bonds. The number of hydrogen-bond acceptors (Lipinski definition) is 2. The quantitative estimate of drug-likeness (QED) is 0.691. The topological polar surface area (TPSA) is 35.2 Å². The summed E-state index contributed by atoms with van der Waals surface area (Å²) in [5.41, 5.74) is 7.49. The van der Waals surface area contributed by atoms with Crippen LogP contribution in [0.2, 0.25) is 0 Å². The van der Waals surface area contributed by atoms with E-state index < -0.39 is 0 Å². The maximum atomic E-state index is 5.60. The molecule has 0 unspecified atom stereocenters. The van der Waals surface area contributed by atoms with Crippen LogP contribution in [0.25, 0.3) is 6.08 Å². The monoisotopic (exact) mass is 163 g/mol. The molecular weight excluding hydrogens is 150 g/mol. The maximum absolute atomic E-state index is 5.60. The fourth-order valence-electron chi connectivity index (χ4n) is 0.943. The van der Waals surface area contributed by atoms with Gasteiger partial charge in [-0.3, -0.25) is 0 Å². The Morgan fingerprint density at radius 2 is 2.33 bits per heavy atom. The molecule has 0 bridgehead atoms. The number of hydrogen-bond donors (Lipinski definition) is 1. The van der Waals surface area contributed by atoms with E-state index in [-0.39, 0.29) is 0 Å². The van der Waals surface area contributed by atoms with Gasteiger partial charge in [-0.2, -0.15) is 0 Å². The summed E-state index contributed by atoms with van der Waals surface area (Å²) in [7, 11) is 1.67. The zero-order valence-electron chi connectivity index (χ0n) is 7.16. The molecule has 12 heavy (non-hydrogen) atoms. The first-order valence-electron chi connectivity index (χ1n) is 3.84. The Balaban J connectivity index is 2.63. The number of nitrogens with two attached hydrogens (primary N) is 1. The Labute approximate surface area is 72.7 Å². The highest BCUT2D eigenvalue weighted by Crippen LogP contribution is 2.07. The lowest BCUT2D eigenvalue weighted by Gasteiger charge is -1.95. The van der Waals surface area contributed by atoms with Gasteiger partial charge in [0.2, 0.25) is 0 Å². The molecule has 0 aliphatic carbocycles. The van der Waals surface area contributed by atoms with Gasteiger partial charge in [0.1, 0.15) is 0 Å². The molecule has 0 aliphatic heterocycles. The van der Waals surface area contributed by atoms with Gasteiger partial charge in [-0.15, -0.1) is 0 Å². The molecule has 0 aliphatic rings. The van der Waals surface area contributed by atoms with E-state index >= 15 is 0 Å². The minimum atomic E-state index is 0.634. The third-order valence-electron chi connectivity index (χ3n) is 1.48. The van der Waals surface area contributed by atoms with Gasteiger partial charge in [0.25, 0.3) is 0 Å². The van der Waals surface area contributed by atoms with Gasteiger partial charge in [0.05, 0.1) is 6.61 Å². The normalized spacial score (nSPS) is 10.8. The Hall–Kier alpha value is -1.28. The molecule has 2 nitrogen and oxygen atoms in total. The van der Waals surface area contributed by atoms with E-state index in [1.165, 1.54) is 0 Å². The summed E-state index contributed by atoms with van der Waals surface area (Å²) in [4.78, 5) is 0. The van der Waals surface area contributed by atoms with Gasteiger partial charge in [-0.1, -0.05) is 24.3 Å². The highest BCUT2D eigenvalue weighted by atomic mass is 16.5. The number of nitrogen functional groups attached to an aromatic ring is 1. The third kappa shape index (κ3) is 2.76. The molecule has 0 heterocycles. The number of ether oxygens (including phenoxy) is 1. The largest absolute Gasteiger partial charge is 0.399 e. The van der Waals surface area contributed by atoms with Crippen molar-refractivity contribution < 1.29 is 4.74 Å². The summed E-state index contributed by atoms with van der Waals surface area (Å²) in [6.45, 7) is 0.634. The third-order valence-corrected chi connectivity index (χ3v) is 1.48. The lowest BCUT2D eigenvalue weighted by Crippen LogP contribution is -1.84. The summed E-state index contributed by atoms with van der Waals surface area (Å²) in [5.74, 6) is 0. The Kier molecular flexibility index (Phi) is 3.35. The van der Waals surface area contributed by atoms with E-state index in [0.29, 0.717) is 6.61 Å². The van der Waals surface area contributed by atoms with Crippen molar-refractivity contribution >= 4 is 11.8 Å². The van der Waals surface area contributed by atoms with Crippen molar-refractivity contribution in [2.75, 3.05) is 19.5 Å². The highest BCUT2D eigenvalue weighted by Gasteiger charge is 1.86. The van der Waals surface area contributed by atoms with Crippen LogP contribution in [0.1, 0.15) is 5.56 Å². The average Bonchev–Trinajstić information content (AvgIpc) is 2.05. The molecule has 1 rings (SSSR count). The minimum Gasteiger partial charge on any atom is -0.399 e. The van der Waals surface area contributed by atoms with E-state index in [9.17, 15) is 0 Å². The van der Waals surface area contributed by atoms with Crippen LogP contribution in [-0.4, -0.2) is 13.7 Å². The van der Waals surface area contributed by atoms with Gasteiger partial charge in [-0.25, -0.2) is 0 Å². The first-order chi connectivity index (χ1) is 5.83. The first kappa shape index (κ1) is 8.81. The molecule has 1 aromatic carbocycles. The van der Waals surface area contributed by atoms with E-state index in [2.05, 4.69) is 0 Å². The summed E-state index contributed by atoms with van der Waals surface area (Å²) in [5, 5.41) is 0. The van der Waals surface area contributed by atoms with E-state index in [1.54, 1.807) is 7.11 Å². The van der Waals surface area contributed by atoms with Crippen molar-refractivity contribution in [3.63, 3.8) is 0 Å². The average molecular weight is 163 g/mol. The zero-order chi connectivity index (χ0) is 8.81. The predicted molar refractivity (Wildman–Crippen MR) is 51.8 cm³/mol. The molecule has 0 spiro atoms. The number of benzene rings is 1. The van der Waals surface area contributed by atoms with Crippen LogP contribution in [0.5, 0.6) is 0 Å². The highest BCUT2D eigenvalue weighted by molar-refractivity contribution is 5.55. The van der Waals surface area contributed by atoms with Crippen LogP contribution in [0.3, 0.4) is 0 Å². The Morgan fingerprint density at radius 1 is 1.50 bits per heavy atom. The minimum absolute atomic E-state index is 0.634. The van der Waals surface area contributed by atoms with Crippen molar-refractivity contribution in [2.45, 2.75) is 0 Å². The number of methoxy groups -OCH3 is 1. The molecule has 0 atom stereocenters. The molecule has 0 saturated heterocycles. The summed E-state index contributed by atoms with van der Waals surface area (Å²) < 4.78 is 4.88. The molecule has 2 N–H and O–H groups in total. The second kappa shape index (κ2) is 4.57. The number of anilines is 1. The predicted octanol–water partition coefficient (Wildman–Crippen LogP) is 1.93. The molecular formula is C10H13NO. The van der Waals surface area contributed by atoms with Gasteiger partial charge in [-0.05, 0) is 17.7 Å². The molecule has 0 radical (unpaired) electrons. The van der Waals surface area contributed by atoms with Crippen LogP contribution in [-0.2, 0) is 4.74 Å². The fraction of sp³-hybridized carbons (Fsp3) is 0.200. The summed E-state index contributed by atoms with van der Waals surface area (Å²) in [6, 6.07) is 7.73. The van der Waals surface area contributed by atoms with Gasteiger partial charge in [0.15, 0.2) is 0 Å². The van der Waals surface area contributed by atoms with Crippen molar-refractivity contribution in [1.29, 1.82) is 0 Å². The fourth-order valence-corrected chi connectivity index (χ4v) is 0.943. The second-order valence-corrected chi connectivity index (χ2v) is 2.53. The standard InChI is InChI=1S/C10H13NO/c1-12-7-3-5-9-4-2-6-10(11)8-9/h2-6,8H,7,11H2,1H3. The SMILES string of the molecule is COCC=Cc1cccc(N)c1. The van der Waals surface area contributed by atoms with Crippen LogP contribution < -0.4 is 5.73 Å². The van der Waals surface area contributed by atoms with Crippen molar-refractivity contribution in [1.82, 2.24) is 0 Å². The molecule has 0 fully saturated rings. The Morgan fingerprint density at radius 3 is 3.00 bits per heavy atom. The van der Waals surface area contributed by atoms with Crippen LogP contribution >= 0.6 is 0 Å². The number of rotatable bonds is 3. The molecule has 0 saturated carbocycles.